The quantitative estimate of drug-likeness (QED) is 0.691. The summed E-state index contributed by atoms with van der Waals surface area (Å²) < 4.78 is 6.05. The van der Waals surface area contributed by atoms with Gasteiger partial charge in [0.25, 0.3) is 0 Å². The van der Waals surface area contributed by atoms with Crippen LogP contribution in [0.5, 0.6) is 0 Å². The number of morpholine rings is 1. The van der Waals surface area contributed by atoms with Crippen molar-refractivity contribution in [3.8, 4) is 0 Å². The van der Waals surface area contributed by atoms with Crippen molar-refractivity contribution in [3.05, 3.63) is 35.9 Å². The second-order valence-corrected chi connectivity index (χ2v) is 7.29. The lowest BCUT2D eigenvalue weighted by Crippen LogP contribution is -2.64. The molecule has 8 heteroatoms. The van der Waals surface area contributed by atoms with E-state index >= 15 is 0 Å². The van der Waals surface area contributed by atoms with Gasteiger partial charge in [-0.25, -0.2) is 0 Å². The number of benzene rings is 1. The number of hydrogen-bond donors (Lipinski definition) is 3. The van der Waals surface area contributed by atoms with Crippen LogP contribution < -0.4 is 10.6 Å². The Balaban J connectivity index is 0.00000121. The molecule has 3 aliphatic heterocycles. The summed E-state index contributed by atoms with van der Waals surface area (Å²) >= 11 is 0. The molecule has 1 aromatic rings. The highest BCUT2D eigenvalue weighted by molar-refractivity contribution is 5.86. The SMILES string of the molecule is Cl.Cl.O=C(N[C@@H]1C[C@H]2CO[C@@H](c3ccccc3)CN2C1)C1(CO)CNC1. The Bertz CT molecular complexity index is 595. The van der Waals surface area contributed by atoms with Crippen molar-refractivity contribution in [1.29, 1.82) is 0 Å². The van der Waals surface area contributed by atoms with Gasteiger partial charge in [0.15, 0.2) is 0 Å². The maximum absolute atomic E-state index is 12.5. The number of aliphatic hydroxyl groups excluding tert-OH is 1. The normalized spacial score (nSPS) is 29.5. The van der Waals surface area contributed by atoms with Crippen LogP contribution in [-0.4, -0.2) is 67.4 Å². The van der Waals surface area contributed by atoms with Gasteiger partial charge in [0.1, 0.15) is 0 Å². The highest BCUT2D eigenvalue weighted by Crippen LogP contribution is 2.31. The molecule has 0 aliphatic carbocycles. The molecule has 0 bridgehead atoms. The Kier molecular flexibility index (Phi) is 7.30. The van der Waals surface area contributed by atoms with E-state index in [1.165, 1.54) is 5.56 Å². The number of amides is 1. The molecule has 3 fully saturated rings. The van der Waals surface area contributed by atoms with E-state index in [2.05, 4.69) is 27.7 Å². The number of fused-ring (bicyclic) bond motifs is 1. The first-order valence-electron chi connectivity index (χ1n) is 8.73. The second-order valence-electron chi connectivity index (χ2n) is 7.29. The number of carbonyl (C=O) groups excluding carboxylic acids is 1. The smallest absolute Gasteiger partial charge is 0.231 e. The Labute approximate surface area is 166 Å². The zero-order valence-corrected chi connectivity index (χ0v) is 16.2. The van der Waals surface area contributed by atoms with Crippen LogP contribution in [0, 0.1) is 5.41 Å². The van der Waals surface area contributed by atoms with Gasteiger partial charge in [-0.3, -0.25) is 9.69 Å². The summed E-state index contributed by atoms with van der Waals surface area (Å²) in [5, 5.41) is 15.7. The lowest BCUT2D eigenvalue weighted by Gasteiger charge is -2.40. The van der Waals surface area contributed by atoms with E-state index in [0.29, 0.717) is 25.7 Å². The highest BCUT2D eigenvalue weighted by Gasteiger charge is 2.46. The number of nitrogens with one attached hydrogen (secondary N) is 2. The van der Waals surface area contributed by atoms with E-state index in [1.807, 2.05) is 18.2 Å². The molecule has 3 heterocycles. The van der Waals surface area contributed by atoms with Crippen LogP contribution in [0.15, 0.2) is 30.3 Å². The Morgan fingerprint density at radius 1 is 1.27 bits per heavy atom. The van der Waals surface area contributed by atoms with E-state index in [0.717, 1.165) is 19.5 Å². The molecule has 1 aromatic carbocycles. The third-order valence-electron chi connectivity index (χ3n) is 5.64. The molecule has 146 valence electrons. The van der Waals surface area contributed by atoms with Gasteiger partial charge in [0.05, 0.1) is 24.7 Å². The van der Waals surface area contributed by atoms with E-state index < -0.39 is 5.41 Å². The molecule has 3 N–H and O–H groups in total. The molecule has 6 nitrogen and oxygen atoms in total. The van der Waals surface area contributed by atoms with Gasteiger partial charge >= 0.3 is 0 Å². The fourth-order valence-corrected chi connectivity index (χ4v) is 3.96. The van der Waals surface area contributed by atoms with Gasteiger partial charge in [-0.1, -0.05) is 30.3 Å². The zero-order chi connectivity index (χ0) is 16.6. The van der Waals surface area contributed by atoms with Gasteiger partial charge in [0.2, 0.25) is 5.91 Å². The summed E-state index contributed by atoms with van der Waals surface area (Å²) in [6, 6.07) is 10.8. The molecule has 3 aliphatic rings. The first-order valence-corrected chi connectivity index (χ1v) is 8.73. The maximum Gasteiger partial charge on any atom is 0.231 e. The van der Waals surface area contributed by atoms with Crippen molar-refractivity contribution in [2.45, 2.75) is 24.6 Å². The highest BCUT2D eigenvalue weighted by atomic mass is 35.5. The second kappa shape index (κ2) is 8.87. The molecule has 0 radical (unpaired) electrons. The molecule has 0 saturated carbocycles. The summed E-state index contributed by atoms with van der Waals surface area (Å²) in [6.07, 6.45) is 1.03. The van der Waals surface area contributed by atoms with Crippen molar-refractivity contribution in [2.75, 3.05) is 39.4 Å². The fraction of sp³-hybridized carbons (Fsp3) is 0.611. The number of ether oxygens (including phenoxy) is 1. The van der Waals surface area contributed by atoms with Gasteiger partial charge in [-0.15, -0.1) is 24.8 Å². The van der Waals surface area contributed by atoms with Crippen molar-refractivity contribution < 1.29 is 14.6 Å². The number of nitrogens with zero attached hydrogens (tertiary/aromatic N) is 1. The number of hydrogen-bond acceptors (Lipinski definition) is 5. The number of aliphatic hydroxyl groups is 1. The molecule has 0 spiro atoms. The van der Waals surface area contributed by atoms with E-state index in [-0.39, 0.29) is 49.5 Å². The van der Waals surface area contributed by atoms with E-state index in [9.17, 15) is 9.90 Å². The standard InChI is InChI=1S/C18H25N3O3.2ClH/c22-12-18(10-19-11-18)17(23)20-14-6-15-9-24-16(8-21(15)7-14)13-4-2-1-3-5-13;;/h1-5,14-16,19,22H,6-12H2,(H,20,23);2*1H/t14-,15+,16-;;/m1../s1. The van der Waals surface area contributed by atoms with Gasteiger partial charge < -0.3 is 20.5 Å². The first kappa shape index (κ1) is 21.4. The average Bonchev–Trinajstić information content (AvgIpc) is 2.96. The molecule has 26 heavy (non-hydrogen) atoms. The topological polar surface area (TPSA) is 73.8 Å². The average molecular weight is 404 g/mol. The van der Waals surface area contributed by atoms with Crippen LogP contribution >= 0.6 is 24.8 Å². The molecule has 4 rings (SSSR count). The van der Waals surface area contributed by atoms with E-state index in [4.69, 9.17) is 4.74 Å². The van der Waals surface area contributed by atoms with Crippen LogP contribution in [-0.2, 0) is 9.53 Å². The van der Waals surface area contributed by atoms with Crippen LogP contribution in [0.3, 0.4) is 0 Å². The minimum absolute atomic E-state index is 0. The van der Waals surface area contributed by atoms with Crippen LogP contribution in [0.1, 0.15) is 18.1 Å². The monoisotopic (exact) mass is 403 g/mol. The predicted octanol–water partition coefficient (Wildman–Crippen LogP) is 0.742. The molecule has 3 saturated heterocycles. The molecule has 0 unspecified atom stereocenters. The summed E-state index contributed by atoms with van der Waals surface area (Å²) in [5.74, 6) is -0.0193. The number of carbonyl (C=O) groups is 1. The minimum Gasteiger partial charge on any atom is -0.395 e. The Morgan fingerprint density at radius 3 is 2.62 bits per heavy atom. The molecule has 3 atom stereocenters. The van der Waals surface area contributed by atoms with Crippen LogP contribution in [0.2, 0.25) is 0 Å². The maximum atomic E-state index is 12.5. The lowest BCUT2D eigenvalue weighted by atomic mass is 9.81. The molecule has 1 amide bonds. The van der Waals surface area contributed by atoms with Gasteiger partial charge in [-0.2, -0.15) is 0 Å². The van der Waals surface area contributed by atoms with Crippen molar-refractivity contribution in [2.24, 2.45) is 5.41 Å². The summed E-state index contributed by atoms with van der Waals surface area (Å²) in [5.41, 5.74) is 0.592. The molecular formula is C18H27Cl2N3O3. The summed E-state index contributed by atoms with van der Waals surface area (Å²) in [7, 11) is 0. The lowest BCUT2D eigenvalue weighted by molar-refractivity contribution is -0.137. The van der Waals surface area contributed by atoms with Crippen LogP contribution in [0.4, 0.5) is 0 Å². The van der Waals surface area contributed by atoms with Crippen molar-refractivity contribution in [3.63, 3.8) is 0 Å². The zero-order valence-electron chi connectivity index (χ0n) is 14.6. The molecular weight excluding hydrogens is 377 g/mol. The van der Waals surface area contributed by atoms with Crippen molar-refractivity contribution >= 4 is 30.7 Å². The van der Waals surface area contributed by atoms with Gasteiger partial charge in [0, 0.05) is 38.3 Å². The Hall–Kier alpha value is -0.890. The van der Waals surface area contributed by atoms with Crippen molar-refractivity contribution in [1.82, 2.24) is 15.5 Å². The Morgan fingerprint density at radius 2 is 2.00 bits per heavy atom. The molecule has 0 aromatic heterocycles. The van der Waals surface area contributed by atoms with Gasteiger partial charge in [-0.05, 0) is 12.0 Å². The third kappa shape index (κ3) is 4.01. The fourth-order valence-electron chi connectivity index (χ4n) is 3.96. The summed E-state index contributed by atoms with van der Waals surface area (Å²) in [4.78, 5) is 14.9. The third-order valence-corrected chi connectivity index (χ3v) is 5.64. The largest absolute Gasteiger partial charge is 0.395 e. The predicted molar refractivity (Wildman–Crippen MR) is 104 cm³/mol. The number of rotatable bonds is 4. The first-order chi connectivity index (χ1) is 11.7. The number of halogens is 2. The minimum atomic E-state index is -0.619. The summed E-state index contributed by atoms with van der Waals surface area (Å²) in [6.45, 7) is 3.47. The van der Waals surface area contributed by atoms with E-state index in [1.54, 1.807) is 0 Å². The van der Waals surface area contributed by atoms with Crippen LogP contribution in [0.25, 0.3) is 0 Å².